The molecule has 2 heterocycles. The van der Waals surface area contributed by atoms with Crippen molar-refractivity contribution in [1.82, 2.24) is 15.1 Å². The number of nitrogens with zero attached hydrogens (tertiary/aromatic N) is 2. The second kappa shape index (κ2) is 11.3. The van der Waals surface area contributed by atoms with Gasteiger partial charge < -0.3 is 29.0 Å². The molecular weight excluding hydrogens is 434 g/mol. The average molecular weight is 470 g/mol. The third-order valence-corrected chi connectivity index (χ3v) is 6.35. The van der Waals surface area contributed by atoms with Crippen molar-refractivity contribution < 1.29 is 23.5 Å². The Bertz CT molecular complexity index is 983. The van der Waals surface area contributed by atoms with Crippen LogP contribution >= 0.6 is 0 Å². The van der Waals surface area contributed by atoms with Gasteiger partial charge in [0.2, 0.25) is 12.7 Å². The first kappa shape index (κ1) is 24.0. The SMILES string of the molecule is CCCN(CC(=O)N(Cc1ccc2c(c1)OCO2)Cc1ccc(C)o1)C(=O)NC1CCCCC1. The van der Waals surface area contributed by atoms with Crippen LogP contribution in [0.3, 0.4) is 0 Å². The Morgan fingerprint density at radius 1 is 1.00 bits per heavy atom. The van der Waals surface area contributed by atoms with E-state index in [-0.39, 0.29) is 31.3 Å². The van der Waals surface area contributed by atoms with Crippen LogP contribution in [0.15, 0.2) is 34.7 Å². The van der Waals surface area contributed by atoms with Gasteiger partial charge in [-0.15, -0.1) is 0 Å². The molecule has 184 valence electrons. The Balaban J connectivity index is 1.46. The molecule has 0 spiro atoms. The van der Waals surface area contributed by atoms with Gasteiger partial charge in [0.05, 0.1) is 6.54 Å². The molecule has 1 aliphatic heterocycles. The molecule has 0 saturated heterocycles. The number of hydrogen-bond acceptors (Lipinski definition) is 5. The number of urea groups is 1. The maximum absolute atomic E-state index is 13.5. The molecule has 1 aliphatic carbocycles. The van der Waals surface area contributed by atoms with E-state index in [4.69, 9.17) is 13.9 Å². The van der Waals surface area contributed by atoms with Crippen LogP contribution in [0.25, 0.3) is 0 Å². The van der Waals surface area contributed by atoms with E-state index in [0.29, 0.717) is 36.9 Å². The molecule has 3 amide bonds. The molecule has 1 aromatic carbocycles. The van der Waals surface area contributed by atoms with Crippen LogP contribution in [-0.2, 0) is 17.9 Å². The quantitative estimate of drug-likeness (QED) is 0.580. The molecule has 0 radical (unpaired) electrons. The van der Waals surface area contributed by atoms with E-state index >= 15 is 0 Å². The zero-order valence-electron chi connectivity index (χ0n) is 20.2. The third kappa shape index (κ3) is 6.24. The summed E-state index contributed by atoms with van der Waals surface area (Å²) in [6.07, 6.45) is 6.31. The number of hydrogen-bond donors (Lipinski definition) is 1. The number of ether oxygens (including phenoxy) is 2. The predicted octanol–water partition coefficient (Wildman–Crippen LogP) is 4.60. The Labute approximate surface area is 201 Å². The van der Waals surface area contributed by atoms with Crippen molar-refractivity contribution in [2.45, 2.75) is 71.5 Å². The lowest BCUT2D eigenvalue weighted by Crippen LogP contribution is -2.49. The number of carbonyl (C=O) groups excluding carboxylic acids is 2. The molecule has 0 unspecified atom stereocenters. The van der Waals surface area contributed by atoms with Gasteiger partial charge >= 0.3 is 6.03 Å². The minimum atomic E-state index is -0.154. The van der Waals surface area contributed by atoms with E-state index in [0.717, 1.165) is 43.4 Å². The Hall–Kier alpha value is -3.16. The summed E-state index contributed by atoms with van der Waals surface area (Å²) in [5.74, 6) is 2.76. The zero-order valence-corrected chi connectivity index (χ0v) is 20.2. The van der Waals surface area contributed by atoms with Gasteiger partial charge in [0.15, 0.2) is 11.5 Å². The van der Waals surface area contributed by atoms with Crippen LogP contribution in [0.5, 0.6) is 11.5 Å². The van der Waals surface area contributed by atoms with Crippen molar-refractivity contribution in [2.24, 2.45) is 0 Å². The lowest BCUT2D eigenvalue weighted by atomic mass is 9.96. The normalized spacial score (nSPS) is 15.2. The summed E-state index contributed by atoms with van der Waals surface area (Å²) in [5.41, 5.74) is 0.926. The van der Waals surface area contributed by atoms with Gasteiger partial charge in [-0.3, -0.25) is 4.79 Å². The maximum Gasteiger partial charge on any atom is 0.318 e. The number of aryl methyl sites for hydroxylation is 1. The first-order valence-corrected chi connectivity index (χ1v) is 12.3. The fourth-order valence-corrected chi connectivity index (χ4v) is 4.55. The van der Waals surface area contributed by atoms with Gasteiger partial charge in [-0.1, -0.05) is 32.3 Å². The van der Waals surface area contributed by atoms with Gasteiger partial charge in [-0.05, 0) is 56.0 Å². The molecule has 2 aliphatic rings. The minimum Gasteiger partial charge on any atom is -0.464 e. The lowest BCUT2D eigenvalue weighted by Gasteiger charge is -2.30. The smallest absolute Gasteiger partial charge is 0.318 e. The molecule has 1 fully saturated rings. The summed E-state index contributed by atoms with van der Waals surface area (Å²) >= 11 is 0. The monoisotopic (exact) mass is 469 g/mol. The van der Waals surface area contributed by atoms with Gasteiger partial charge in [0, 0.05) is 19.1 Å². The molecule has 8 heteroatoms. The fraction of sp³-hybridized carbons (Fsp3) is 0.538. The van der Waals surface area contributed by atoms with Crippen molar-refractivity contribution in [3.05, 3.63) is 47.4 Å². The second-order valence-corrected chi connectivity index (χ2v) is 9.16. The van der Waals surface area contributed by atoms with Gasteiger partial charge in [0.25, 0.3) is 0 Å². The van der Waals surface area contributed by atoms with Crippen molar-refractivity contribution in [3.8, 4) is 11.5 Å². The number of rotatable bonds is 9. The number of amides is 3. The fourth-order valence-electron chi connectivity index (χ4n) is 4.55. The maximum atomic E-state index is 13.5. The van der Waals surface area contributed by atoms with Gasteiger partial charge in [0.1, 0.15) is 18.1 Å². The number of fused-ring (bicyclic) bond motifs is 1. The number of carbonyl (C=O) groups is 2. The van der Waals surface area contributed by atoms with E-state index in [2.05, 4.69) is 5.32 Å². The highest BCUT2D eigenvalue weighted by Crippen LogP contribution is 2.33. The van der Waals surface area contributed by atoms with Crippen molar-refractivity contribution in [1.29, 1.82) is 0 Å². The summed E-state index contributed by atoms with van der Waals surface area (Å²) in [7, 11) is 0. The number of benzene rings is 1. The van der Waals surface area contributed by atoms with Crippen molar-refractivity contribution >= 4 is 11.9 Å². The first-order chi connectivity index (χ1) is 16.5. The summed E-state index contributed by atoms with van der Waals surface area (Å²) < 4.78 is 16.6. The highest BCUT2D eigenvalue weighted by Gasteiger charge is 2.25. The van der Waals surface area contributed by atoms with Crippen molar-refractivity contribution in [3.63, 3.8) is 0 Å². The van der Waals surface area contributed by atoms with Crippen LogP contribution in [0.1, 0.15) is 62.5 Å². The Morgan fingerprint density at radius 2 is 1.79 bits per heavy atom. The molecule has 0 atom stereocenters. The average Bonchev–Trinajstić information content (AvgIpc) is 3.47. The highest BCUT2D eigenvalue weighted by atomic mass is 16.7. The molecule has 1 saturated carbocycles. The molecule has 8 nitrogen and oxygen atoms in total. The lowest BCUT2D eigenvalue weighted by molar-refractivity contribution is -0.133. The van der Waals surface area contributed by atoms with Crippen LogP contribution in [0.2, 0.25) is 0 Å². The second-order valence-electron chi connectivity index (χ2n) is 9.16. The van der Waals surface area contributed by atoms with Crippen LogP contribution in [0.4, 0.5) is 4.79 Å². The Morgan fingerprint density at radius 3 is 2.53 bits per heavy atom. The topological polar surface area (TPSA) is 84.2 Å². The first-order valence-electron chi connectivity index (χ1n) is 12.3. The van der Waals surface area contributed by atoms with Crippen LogP contribution < -0.4 is 14.8 Å². The standard InChI is InChI=1S/C26H35N3O5/c1-3-13-28(26(31)27-21-7-5-4-6-8-21)17-25(30)29(16-22-11-9-19(2)34-22)15-20-10-12-23-24(14-20)33-18-32-23/h9-12,14,21H,3-8,13,15-18H2,1-2H3,(H,27,31). The zero-order chi connectivity index (χ0) is 23.9. The van der Waals surface area contributed by atoms with E-state index in [1.54, 1.807) is 9.80 Å². The molecule has 0 bridgehead atoms. The van der Waals surface area contributed by atoms with E-state index in [1.807, 2.05) is 44.2 Å². The summed E-state index contributed by atoms with van der Waals surface area (Å²) in [6, 6.07) is 9.51. The van der Waals surface area contributed by atoms with Crippen LogP contribution in [-0.4, -0.2) is 47.7 Å². The van der Waals surface area contributed by atoms with Gasteiger partial charge in [-0.2, -0.15) is 0 Å². The van der Waals surface area contributed by atoms with E-state index < -0.39 is 0 Å². The molecule has 4 rings (SSSR count). The predicted molar refractivity (Wildman–Crippen MR) is 128 cm³/mol. The molecule has 1 N–H and O–H groups in total. The minimum absolute atomic E-state index is 0.0244. The highest BCUT2D eigenvalue weighted by molar-refractivity contribution is 5.84. The molecule has 34 heavy (non-hydrogen) atoms. The summed E-state index contributed by atoms with van der Waals surface area (Å²) in [6.45, 7) is 5.35. The summed E-state index contributed by atoms with van der Waals surface area (Å²) in [4.78, 5) is 29.8. The Kier molecular flexibility index (Phi) is 7.98. The number of furan rings is 1. The number of nitrogens with one attached hydrogen (secondary N) is 1. The molecule has 2 aromatic rings. The van der Waals surface area contributed by atoms with Gasteiger partial charge in [-0.25, -0.2) is 4.79 Å². The van der Waals surface area contributed by atoms with Crippen LogP contribution in [0, 0.1) is 6.92 Å². The third-order valence-electron chi connectivity index (χ3n) is 6.35. The molecular formula is C26H35N3O5. The van der Waals surface area contributed by atoms with E-state index in [1.165, 1.54) is 6.42 Å². The largest absolute Gasteiger partial charge is 0.464 e. The summed E-state index contributed by atoms with van der Waals surface area (Å²) in [5, 5.41) is 3.15. The van der Waals surface area contributed by atoms with E-state index in [9.17, 15) is 9.59 Å². The van der Waals surface area contributed by atoms with Crippen molar-refractivity contribution in [2.75, 3.05) is 19.9 Å². The molecule has 1 aromatic heterocycles.